The van der Waals surface area contributed by atoms with E-state index in [-0.39, 0.29) is 5.41 Å². The smallest absolute Gasteiger partial charge is 0.160 e. The van der Waals surface area contributed by atoms with Crippen LogP contribution in [0.2, 0.25) is 0 Å². The number of thiazole rings is 1. The van der Waals surface area contributed by atoms with E-state index in [0.717, 1.165) is 18.0 Å². The molecule has 110 valence electrons. The van der Waals surface area contributed by atoms with Gasteiger partial charge < -0.3 is 5.32 Å². The molecular weight excluding hydrogens is 282 g/mol. The topological polar surface area (TPSA) is 55.1 Å². The molecule has 0 bridgehead atoms. The average Bonchev–Trinajstić information content (AvgIpc) is 3.06. The molecule has 0 saturated carbocycles. The van der Waals surface area contributed by atoms with Crippen LogP contribution in [0, 0.1) is 0 Å². The first-order valence-corrected chi connectivity index (χ1v) is 7.80. The Bertz CT molecular complexity index is 738. The van der Waals surface area contributed by atoms with E-state index < -0.39 is 0 Å². The number of fused-ring (bicyclic) bond motifs is 1. The van der Waals surface area contributed by atoms with Gasteiger partial charge in [-0.05, 0) is 12.1 Å². The molecule has 0 amide bonds. The van der Waals surface area contributed by atoms with Crippen molar-refractivity contribution in [1.82, 2.24) is 24.9 Å². The van der Waals surface area contributed by atoms with Crippen LogP contribution in [0.4, 0.5) is 0 Å². The highest BCUT2D eigenvalue weighted by Crippen LogP contribution is 2.26. The van der Waals surface area contributed by atoms with Crippen LogP contribution >= 0.6 is 11.3 Å². The highest BCUT2D eigenvalue weighted by atomic mass is 32.1. The second kappa shape index (κ2) is 5.54. The van der Waals surface area contributed by atoms with Crippen LogP contribution in [0.5, 0.6) is 0 Å². The Balaban J connectivity index is 1.62. The van der Waals surface area contributed by atoms with Gasteiger partial charge in [0.25, 0.3) is 0 Å². The summed E-state index contributed by atoms with van der Waals surface area (Å²) in [6.45, 7) is 8.05. The predicted molar refractivity (Wildman–Crippen MR) is 84.3 cm³/mol. The molecule has 0 radical (unpaired) electrons. The fraction of sp³-hybridized carbons (Fsp3) is 0.400. The summed E-state index contributed by atoms with van der Waals surface area (Å²) in [5.74, 6) is 0.922. The number of aromatic nitrogens is 4. The summed E-state index contributed by atoms with van der Waals surface area (Å²) < 4.78 is 2.00. The molecule has 0 aliphatic rings. The van der Waals surface area contributed by atoms with Crippen molar-refractivity contribution in [3.05, 3.63) is 46.3 Å². The SMILES string of the molecule is CC(C)(C)c1ncc(CNCc2nnc3ccccn23)s1. The maximum absolute atomic E-state index is 4.50. The molecule has 5 nitrogen and oxygen atoms in total. The lowest BCUT2D eigenvalue weighted by Gasteiger charge is -2.13. The monoisotopic (exact) mass is 301 g/mol. The Morgan fingerprint density at radius 2 is 2.05 bits per heavy atom. The van der Waals surface area contributed by atoms with Crippen molar-refractivity contribution in [1.29, 1.82) is 0 Å². The van der Waals surface area contributed by atoms with Crippen LogP contribution in [0.1, 0.15) is 36.5 Å². The molecule has 0 aliphatic heterocycles. The van der Waals surface area contributed by atoms with Gasteiger partial charge in [-0.15, -0.1) is 21.5 Å². The largest absolute Gasteiger partial charge is 0.305 e. The van der Waals surface area contributed by atoms with E-state index in [1.165, 1.54) is 9.88 Å². The van der Waals surface area contributed by atoms with Crippen molar-refractivity contribution in [3.8, 4) is 0 Å². The number of hydrogen-bond donors (Lipinski definition) is 1. The Morgan fingerprint density at radius 3 is 2.81 bits per heavy atom. The van der Waals surface area contributed by atoms with E-state index >= 15 is 0 Å². The molecule has 0 aromatic carbocycles. The molecule has 3 heterocycles. The van der Waals surface area contributed by atoms with Crippen molar-refractivity contribution >= 4 is 17.0 Å². The Kier molecular flexibility index (Phi) is 3.73. The summed E-state index contributed by atoms with van der Waals surface area (Å²) in [4.78, 5) is 5.74. The Hall–Kier alpha value is -1.79. The molecule has 3 aromatic heterocycles. The van der Waals surface area contributed by atoms with Gasteiger partial charge in [-0.3, -0.25) is 4.40 Å². The first kappa shape index (κ1) is 14.2. The third-order valence-corrected chi connectivity index (χ3v) is 4.58. The summed E-state index contributed by atoms with van der Waals surface area (Å²) in [5, 5.41) is 12.9. The average molecular weight is 301 g/mol. The molecule has 1 N–H and O–H groups in total. The quantitative estimate of drug-likeness (QED) is 0.805. The summed E-state index contributed by atoms with van der Waals surface area (Å²) in [6, 6.07) is 5.90. The Labute approximate surface area is 128 Å². The van der Waals surface area contributed by atoms with Crippen molar-refractivity contribution in [3.63, 3.8) is 0 Å². The van der Waals surface area contributed by atoms with Crippen molar-refractivity contribution in [2.45, 2.75) is 39.3 Å². The van der Waals surface area contributed by atoms with Gasteiger partial charge in [-0.2, -0.15) is 0 Å². The van der Waals surface area contributed by atoms with Crippen molar-refractivity contribution in [2.75, 3.05) is 0 Å². The summed E-state index contributed by atoms with van der Waals surface area (Å²) in [7, 11) is 0. The van der Waals surface area contributed by atoms with E-state index in [0.29, 0.717) is 6.54 Å². The molecule has 0 fully saturated rings. The molecule has 0 unspecified atom stereocenters. The van der Waals surface area contributed by atoms with Gasteiger partial charge in [-0.1, -0.05) is 26.8 Å². The lowest BCUT2D eigenvalue weighted by molar-refractivity contribution is 0.585. The van der Waals surface area contributed by atoms with Crippen LogP contribution in [0.3, 0.4) is 0 Å². The lowest BCUT2D eigenvalue weighted by atomic mass is 9.98. The highest BCUT2D eigenvalue weighted by Gasteiger charge is 2.17. The van der Waals surface area contributed by atoms with Crippen LogP contribution in [-0.2, 0) is 18.5 Å². The van der Waals surface area contributed by atoms with Crippen molar-refractivity contribution < 1.29 is 0 Å². The number of hydrogen-bond acceptors (Lipinski definition) is 5. The summed E-state index contributed by atoms with van der Waals surface area (Å²) in [6.07, 6.45) is 3.94. The molecular formula is C15H19N5S. The van der Waals surface area contributed by atoms with E-state index in [9.17, 15) is 0 Å². The molecule has 3 rings (SSSR count). The van der Waals surface area contributed by atoms with Crippen molar-refractivity contribution in [2.24, 2.45) is 0 Å². The minimum atomic E-state index is 0.117. The summed E-state index contributed by atoms with van der Waals surface area (Å²) in [5.41, 5.74) is 0.994. The second-order valence-electron chi connectivity index (χ2n) is 6.03. The van der Waals surface area contributed by atoms with Crippen LogP contribution in [0.15, 0.2) is 30.6 Å². The first-order chi connectivity index (χ1) is 10.0. The molecule has 0 spiro atoms. The predicted octanol–water partition coefficient (Wildman–Crippen LogP) is 2.77. The third kappa shape index (κ3) is 3.11. The number of pyridine rings is 1. The van der Waals surface area contributed by atoms with Gasteiger partial charge >= 0.3 is 0 Å². The van der Waals surface area contributed by atoms with E-state index in [1.807, 2.05) is 35.0 Å². The number of nitrogens with zero attached hydrogens (tertiary/aromatic N) is 4. The summed E-state index contributed by atoms with van der Waals surface area (Å²) >= 11 is 1.76. The van der Waals surface area contributed by atoms with Gasteiger partial charge in [0.15, 0.2) is 11.5 Å². The molecule has 6 heteroatoms. The fourth-order valence-corrected chi connectivity index (χ4v) is 2.98. The second-order valence-corrected chi connectivity index (χ2v) is 7.15. The maximum atomic E-state index is 4.50. The third-order valence-electron chi connectivity index (χ3n) is 3.16. The molecule has 0 aliphatic carbocycles. The zero-order valence-electron chi connectivity index (χ0n) is 12.5. The molecule has 3 aromatic rings. The fourth-order valence-electron chi connectivity index (χ4n) is 2.04. The minimum Gasteiger partial charge on any atom is -0.305 e. The molecule has 0 atom stereocenters. The van der Waals surface area contributed by atoms with E-state index in [4.69, 9.17) is 0 Å². The number of nitrogens with one attached hydrogen (secondary N) is 1. The van der Waals surface area contributed by atoms with E-state index in [2.05, 4.69) is 41.3 Å². The van der Waals surface area contributed by atoms with Gasteiger partial charge in [-0.25, -0.2) is 4.98 Å². The number of rotatable bonds is 4. The Morgan fingerprint density at radius 1 is 1.19 bits per heavy atom. The van der Waals surface area contributed by atoms with Gasteiger partial charge in [0.1, 0.15) is 0 Å². The zero-order valence-corrected chi connectivity index (χ0v) is 13.3. The normalized spacial score (nSPS) is 12.1. The van der Waals surface area contributed by atoms with E-state index in [1.54, 1.807) is 11.3 Å². The van der Waals surface area contributed by atoms with Gasteiger partial charge in [0, 0.05) is 29.2 Å². The molecule has 0 saturated heterocycles. The zero-order chi connectivity index (χ0) is 14.9. The first-order valence-electron chi connectivity index (χ1n) is 6.98. The minimum absolute atomic E-state index is 0.117. The van der Waals surface area contributed by atoms with Crippen LogP contribution in [0.25, 0.3) is 5.65 Å². The highest BCUT2D eigenvalue weighted by molar-refractivity contribution is 7.11. The van der Waals surface area contributed by atoms with Crippen LogP contribution in [-0.4, -0.2) is 19.6 Å². The standard InChI is InChI=1S/C15H19N5S/c1-15(2,3)14-17-9-11(21-14)8-16-10-13-19-18-12-6-4-5-7-20(12)13/h4-7,9,16H,8,10H2,1-3H3. The van der Waals surface area contributed by atoms with Gasteiger partial charge in [0.2, 0.25) is 0 Å². The van der Waals surface area contributed by atoms with Gasteiger partial charge in [0.05, 0.1) is 11.6 Å². The lowest BCUT2D eigenvalue weighted by Crippen LogP contribution is -2.14. The van der Waals surface area contributed by atoms with Crippen LogP contribution < -0.4 is 5.32 Å². The maximum Gasteiger partial charge on any atom is 0.160 e. The molecule has 21 heavy (non-hydrogen) atoms.